The first-order valence-electron chi connectivity index (χ1n) is 15.9. The van der Waals surface area contributed by atoms with E-state index in [1.54, 1.807) is 4.90 Å². The number of hydrogen-bond donors (Lipinski definition) is 1. The minimum Gasteiger partial charge on any atom is -1.00 e. The van der Waals surface area contributed by atoms with E-state index in [9.17, 15) is 19.5 Å². The van der Waals surface area contributed by atoms with Crippen LogP contribution in [0, 0.1) is 6.07 Å². The molecule has 10 heteroatoms. The fourth-order valence-corrected chi connectivity index (χ4v) is 5.19. The number of likely N-dealkylation sites (tertiary alicyclic amines) is 2. The molecule has 2 aliphatic rings. The third-order valence-corrected chi connectivity index (χ3v) is 7.19. The van der Waals surface area contributed by atoms with Crippen molar-refractivity contribution in [1.82, 2.24) is 9.80 Å². The van der Waals surface area contributed by atoms with Crippen molar-refractivity contribution in [1.29, 1.82) is 0 Å². The topological polar surface area (TPSA) is 96.4 Å². The summed E-state index contributed by atoms with van der Waals surface area (Å²) in [6.07, 6.45) is 6.66. The Labute approximate surface area is 310 Å². The Morgan fingerprint density at radius 2 is 1.30 bits per heavy atom. The van der Waals surface area contributed by atoms with Crippen molar-refractivity contribution in [3.05, 3.63) is 72.3 Å². The van der Waals surface area contributed by atoms with Crippen LogP contribution in [0.25, 0.3) is 0 Å². The second-order valence-corrected chi connectivity index (χ2v) is 13.3. The molecule has 3 atom stereocenters. The van der Waals surface area contributed by atoms with Gasteiger partial charge in [-0.2, -0.15) is 36.4 Å². The van der Waals surface area contributed by atoms with E-state index in [-0.39, 0.29) is 71.7 Å². The molecule has 2 aromatic carbocycles. The first-order valence-corrected chi connectivity index (χ1v) is 15.9. The zero-order chi connectivity index (χ0) is 32.6. The molecule has 47 heavy (non-hydrogen) atoms. The molecule has 4 rings (SSSR count). The maximum Gasteiger partial charge on any atom is 2.00 e. The van der Waals surface area contributed by atoms with Gasteiger partial charge >= 0.3 is 35.2 Å². The monoisotopic (exact) mass is 728 g/mol. The maximum absolute atomic E-state index is 12.2. The molecule has 1 N–H and O–H groups in total. The largest absolute Gasteiger partial charge is 2.00 e. The molecular weight excluding hydrogens is 673 g/mol. The van der Waals surface area contributed by atoms with Crippen molar-refractivity contribution in [2.45, 2.75) is 130 Å². The summed E-state index contributed by atoms with van der Waals surface area (Å²) in [5.74, 6) is 0. The summed E-state index contributed by atoms with van der Waals surface area (Å²) in [6, 6.07) is 22.5. The van der Waals surface area contributed by atoms with Gasteiger partial charge in [-0.05, 0) is 92.1 Å². The van der Waals surface area contributed by atoms with Crippen LogP contribution in [0.5, 0.6) is 0 Å². The first-order chi connectivity index (χ1) is 20.8. The van der Waals surface area contributed by atoms with Crippen molar-refractivity contribution >= 4 is 41.5 Å². The summed E-state index contributed by atoms with van der Waals surface area (Å²) in [6.45, 7) is 12.7. The van der Waals surface area contributed by atoms with Crippen LogP contribution in [0.1, 0.15) is 112 Å². The normalized spacial score (nSPS) is 17.5. The second-order valence-electron chi connectivity index (χ2n) is 13.3. The van der Waals surface area contributed by atoms with E-state index in [0.717, 1.165) is 63.5 Å². The Morgan fingerprint density at radius 1 is 0.851 bits per heavy atom. The van der Waals surface area contributed by atoms with E-state index in [0.29, 0.717) is 12.8 Å². The molecule has 0 radical (unpaired) electrons. The number of nitrogens with zero attached hydrogens (tertiary/aromatic N) is 2. The van der Waals surface area contributed by atoms with Gasteiger partial charge in [0.15, 0.2) is 0 Å². The molecule has 0 aromatic heterocycles. The summed E-state index contributed by atoms with van der Waals surface area (Å²) >= 11 is 0. The molecule has 0 aliphatic carbocycles. The smallest absolute Gasteiger partial charge is 1.00 e. The van der Waals surface area contributed by atoms with E-state index in [1.165, 1.54) is 0 Å². The van der Waals surface area contributed by atoms with E-state index >= 15 is 0 Å². The van der Waals surface area contributed by atoms with Crippen LogP contribution in [0.15, 0.2) is 60.7 Å². The number of aliphatic hydroxyl groups excluding tert-OH is 1. The second kappa shape index (κ2) is 24.1. The number of carbonyl (C=O) groups excluding carboxylic acids is 3. The van der Waals surface area contributed by atoms with Crippen LogP contribution in [-0.2, 0) is 14.3 Å². The first kappa shape index (κ1) is 47.0. The fraction of sp³-hybridized carbons (Fsp3) is 0.595. The number of benzene rings is 2. The molecule has 0 bridgehead atoms. The maximum atomic E-state index is 12.2. The van der Waals surface area contributed by atoms with Gasteiger partial charge in [0.2, 0.25) is 0 Å². The molecule has 8 nitrogen and oxygen atoms in total. The van der Waals surface area contributed by atoms with Crippen molar-refractivity contribution < 1.29 is 45.9 Å². The number of hydrogen-bond acceptors (Lipinski definition) is 6. The summed E-state index contributed by atoms with van der Waals surface area (Å²) in [7, 11) is 0. The van der Waals surface area contributed by atoms with E-state index < -0.39 is 17.3 Å². The van der Waals surface area contributed by atoms with Gasteiger partial charge in [0.05, 0.1) is 6.10 Å². The van der Waals surface area contributed by atoms with Gasteiger partial charge < -0.3 is 46.2 Å². The zero-order valence-electron chi connectivity index (χ0n) is 28.6. The number of ether oxygens (including phenoxy) is 2. The summed E-state index contributed by atoms with van der Waals surface area (Å²) < 4.78 is 10.8. The number of carbonyl (C=O) groups is 3. The minimum absolute atomic E-state index is 0. The van der Waals surface area contributed by atoms with Gasteiger partial charge in [0.1, 0.15) is 17.5 Å². The van der Waals surface area contributed by atoms with Crippen molar-refractivity contribution in [3.8, 4) is 0 Å². The molecule has 0 spiro atoms. The predicted molar refractivity (Wildman–Crippen MR) is 186 cm³/mol. The van der Waals surface area contributed by atoms with Gasteiger partial charge in [-0.1, -0.05) is 37.8 Å². The number of aliphatic hydroxyl groups is 1. The fourth-order valence-electron chi connectivity index (χ4n) is 5.19. The predicted octanol–water partition coefficient (Wildman–Crippen LogP) is 5.01. The molecular formula is C37H57BrMgN2O6. The van der Waals surface area contributed by atoms with Crippen molar-refractivity contribution in [2.24, 2.45) is 0 Å². The van der Waals surface area contributed by atoms with Crippen LogP contribution >= 0.6 is 0 Å². The molecule has 0 saturated carbocycles. The minimum atomic E-state index is -0.470. The quantitative estimate of drug-likeness (QED) is 0.245. The van der Waals surface area contributed by atoms with Crippen LogP contribution in [0.3, 0.4) is 0 Å². The number of amides is 2. The Morgan fingerprint density at radius 3 is 1.68 bits per heavy atom. The van der Waals surface area contributed by atoms with Crippen LogP contribution in [-0.4, -0.2) is 92.8 Å². The molecule has 2 aromatic rings. The van der Waals surface area contributed by atoms with Crippen molar-refractivity contribution in [3.63, 3.8) is 0 Å². The van der Waals surface area contributed by atoms with E-state index in [2.05, 4.69) is 6.07 Å². The van der Waals surface area contributed by atoms with Gasteiger partial charge in [-0.25, -0.2) is 9.59 Å². The SMILES string of the molecule is C.CC(C)(C)OC(=O)N1CCC[C@H]1CCC(O)c1ccccc1.CC(C)(C)OC(=O)N1CCC[C@H]1CCC=O.[Br-].[Mg+2].[c-]1ccccc1. The summed E-state index contributed by atoms with van der Waals surface area (Å²) in [4.78, 5) is 38.0. The van der Waals surface area contributed by atoms with Gasteiger partial charge in [0, 0.05) is 31.6 Å². The molecule has 2 fully saturated rings. The summed E-state index contributed by atoms with van der Waals surface area (Å²) in [5, 5.41) is 10.3. The molecule has 260 valence electrons. The standard InChI is InChI=1S/C18H27NO3.C12H21NO3.C6H5.CH4.BrH.Mg/c1-18(2,3)22-17(21)19-13-7-10-15(19)11-12-16(20)14-8-5-4-6-9-14;1-12(2,3)16-11(15)13-8-4-6-10(13)7-5-9-14;1-2-4-6-5-3-1;;;/h4-6,8-9,15-16,20H,7,10-13H2,1-3H3;9-10H,4-8H2,1-3H3;1-5H;1H4;1H;/q;;-1;;;+2/p-1/t15-,16?;10-;;;;/m00..../s1. The number of halogens is 1. The van der Waals surface area contributed by atoms with Crippen LogP contribution in [0.2, 0.25) is 0 Å². The molecule has 2 heterocycles. The third-order valence-electron chi connectivity index (χ3n) is 7.19. The van der Waals surface area contributed by atoms with E-state index in [4.69, 9.17) is 9.47 Å². The number of rotatable bonds is 7. The zero-order valence-corrected chi connectivity index (χ0v) is 31.6. The molecule has 2 saturated heterocycles. The molecule has 2 aliphatic heterocycles. The molecule has 1 unspecified atom stereocenters. The van der Waals surface area contributed by atoms with Gasteiger partial charge in [-0.3, -0.25) is 0 Å². The van der Waals surface area contributed by atoms with E-state index in [1.807, 2.05) is 107 Å². The Bertz CT molecular complexity index is 1080. The third kappa shape index (κ3) is 19.4. The van der Waals surface area contributed by atoms with Crippen molar-refractivity contribution in [2.75, 3.05) is 13.1 Å². The van der Waals surface area contributed by atoms with Gasteiger partial charge in [0.25, 0.3) is 0 Å². The van der Waals surface area contributed by atoms with Gasteiger partial charge in [-0.15, -0.1) is 0 Å². The van der Waals surface area contributed by atoms with Crippen LogP contribution in [0.4, 0.5) is 9.59 Å². The molecule has 2 amide bonds. The Hall–Kier alpha value is -2.14. The Balaban J connectivity index is 0. The average Bonchev–Trinajstić information content (AvgIpc) is 3.65. The van der Waals surface area contributed by atoms with Crippen LogP contribution < -0.4 is 17.0 Å². The Kier molecular flexibility index (Phi) is 24.1. The number of aldehydes is 1. The summed E-state index contributed by atoms with van der Waals surface area (Å²) in [5.41, 5.74) is 0.0205. The average molecular weight is 730 g/mol.